The maximum atomic E-state index is 12.1. The molecule has 1 unspecified atom stereocenters. The van der Waals surface area contributed by atoms with Crippen LogP contribution in [0.3, 0.4) is 0 Å². The molecule has 0 aromatic carbocycles. The molecule has 130 valence electrons. The number of aliphatic hydroxyl groups is 1. The van der Waals surface area contributed by atoms with Gasteiger partial charge in [0.05, 0.1) is 0 Å². The van der Waals surface area contributed by atoms with E-state index in [1.54, 1.807) is 13.0 Å². The summed E-state index contributed by atoms with van der Waals surface area (Å²) in [4.78, 5) is 24.0. The van der Waals surface area contributed by atoms with Crippen molar-refractivity contribution < 1.29 is 14.7 Å². The molecule has 7 atom stereocenters. The highest BCUT2D eigenvalue weighted by atomic mass is 16.3. The molecule has 3 nitrogen and oxygen atoms in total. The lowest BCUT2D eigenvalue weighted by Gasteiger charge is -2.56. The van der Waals surface area contributed by atoms with E-state index in [0.717, 1.165) is 31.3 Å². The highest BCUT2D eigenvalue weighted by Crippen LogP contribution is 2.65. The van der Waals surface area contributed by atoms with Crippen LogP contribution in [-0.4, -0.2) is 22.8 Å². The Balaban J connectivity index is 1.73. The maximum Gasteiger partial charge on any atom is 0.184 e. The second kappa shape index (κ2) is 5.14. The fourth-order valence-electron chi connectivity index (χ4n) is 6.73. The molecular weight excluding hydrogens is 300 g/mol. The quantitative estimate of drug-likeness (QED) is 0.802. The van der Waals surface area contributed by atoms with E-state index in [-0.39, 0.29) is 22.5 Å². The number of carbonyl (C=O) groups is 2. The molecule has 0 radical (unpaired) electrons. The third-order valence-electron chi connectivity index (χ3n) is 8.04. The lowest BCUT2D eigenvalue weighted by atomic mass is 9.48. The summed E-state index contributed by atoms with van der Waals surface area (Å²) in [6.07, 6.45) is 10.1. The summed E-state index contributed by atoms with van der Waals surface area (Å²) in [7, 11) is 0. The van der Waals surface area contributed by atoms with Crippen LogP contribution in [-0.2, 0) is 9.59 Å². The molecule has 0 amide bonds. The van der Waals surface area contributed by atoms with Gasteiger partial charge >= 0.3 is 0 Å². The highest BCUT2D eigenvalue weighted by molar-refractivity contribution is 5.95. The number of Topliss-reactive ketones (excluding diaryl/α,β-unsaturated/α-hetero) is 1. The van der Waals surface area contributed by atoms with E-state index >= 15 is 0 Å². The van der Waals surface area contributed by atoms with Gasteiger partial charge in [-0.3, -0.25) is 9.59 Å². The molecule has 0 aromatic rings. The van der Waals surface area contributed by atoms with Crippen molar-refractivity contribution in [3.63, 3.8) is 0 Å². The summed E-state index contributed by atoms with van der Waals surface area (Å²) in [5, 5.41) is 10.2. The lowest BCUT2D eigenvalue weighted by molar-refractivity contribution is -0.129. The van der Waals surface area contributed by atoms with Crippen molar-refractivity contribution in [3.05, 3.63) is 23.8 Å². The monoisotopic (exact) mass is 328 g/mol. The number of fused-ring (bicyclic) bond motifs is 5. The molecule has 0 saturated heterocycles. The zero-order valence-corrected chi connectivity index (χ0v) is 14.9. The van der Waals surface area contributed by atoms with Crippen LogP contribution in [0.4, 0.5) is 0 Å². The summed E-state index contributed by atoms with van der Waals surface area (Å²) >= 11 is 0. The molecule has 0 aromatic heterocycles. The van der Waals surface area contributed by atoms with Crippen molar-refractivity contribution in [2.45, 2.75) is 59.0 Å². The molecule has 1 N–H and O–H groups in total. The molecule has 2 saturated carbocycles. The number of hydrogen-bond donors (Lipinski definition) is 1. The summed E-state index contributed by atoms with van der Waals surface area (Å²) in [5.74, 6) is 1.90. The molecule has 0 heterocycles. The summed E-state index contributed by atoms with van der Waals surface area (Å²) in [6, 6.07) is 0. The van der Waals surface area contributed by atoms with E-state index in [2.05, 4.69) is 26.0 Å². The largest absolute Gasteiger partial charge is 0.385 e. The molecular formula is C21H28O3. The van der Waals surface area contributed by atoms with Gasteiger partial charge < -0.3 is 5.11 Å². The van der Waals surface area contributed by atoms with Gasteiger partial charge in [-0.25, -0.2) is 0 Å². The highest BCUT2D eigenvalue weighted by Gasteiger charge is 2.59. The van der Waals surface area contributed by atoms with Crippen molar-refractivity contribution in [1.29, 1.82) is 0 Å². The summed E-state index contributed by atoms with van der Waals surface area (Å²) in [6.45, 7) is 6.32. The number of ketones is 2. The maximum absolute atomic E-state index is 12.1. The second-order valence-electron chi connectivity index (χ2n) is 9.07. The van der Waals surface area contributed by atoms with Gasteiger partial charge in [0.25, 0.3) is 0 Å². The first-order valence-corrected chi connectivity index (χ1v) is 9.40. The van der Waals surface area contributed by atoms with Crippen LogP contribution >= 0.6 is 0 Å². The van der Waals surface area contributed by atoms with Gasteiger partial charge in [0, 0.05) is 5.92 Å². The van der Waals surface area contributed by atoms with Gasteiger partial charge in [0.1, 0.15) is 11.9 Å². The Morgan fingerprint density at radius 3 is 2.67 bits per heavy atom. The van der Waals surface area contributed by atoms with E-state index in [1.165, 1.54) is 0 Å². The van der Waals surface area contributed by atoms with E-state index in [4.69, 9.17) is 0 Å². The minimum atomic E-state index is -0.854. The zero-order chi connectivity index (χ0) is 17.3. The van der Waals surface area contributed by atoms with Crippen molar-refractivity contribution in [1.82, 2.24) is 0 Å². The van der Waals surface area contributed by atoms with Crippen LogP contribution in [0.2, 0.25) is 0 Å². The fourth-order valence-corrected chi connectivity index (χ4v) is 6.73. The molecule has 4 aliphatic rings. The van der Waals surface area contributed by atoms with Crippen LogP contribution in [0.1, 0.15) is 52.9 Å². The first-order valence-electron chi connectivity index (χ1n) is 9.40. The summed E-state index contributed by atoms with van der Waals surface area (Å²) < 4.78 is 0. The average molecular weight is 328 g/mol. The van der Waals surface area contributed by atoms with Gasteiger partial charge in [-0.15, -0.1) is 0 Å². The third-order valence-corrected chi connectivity index (χ3v) is 8.04. The number of hydrogen-bond acceptors (Lipinski definition) is 3. The van der Waals surface area contributed by atoms with Gasteiger partial charge in [-0.05, 0) is 79.3 Å². The molecule has 0 aliphatic heterocycles. The minimum Gasteiger partial charge on any atom is -0.385 e. The molecule has 4 rings (SSSR count). The van der Waals surface area contributed by atoms with Gasteiger partial charge in [-0.1, -0.05) is 26.0 Å². The van der Waals surface area contributed by atoms with Crippen LogP contribution in [0.25, 0.3) is 0 Å². The fraction of sp³-hybridized carbons (Fsp3) is 0.714. The Morgan fingerprint density at radius 1 is 1.21 bits per heavy atom. The number of carbonyl (C=O) groups excluding carboxylic acids is 2. The van der Waals surface area contributed by atoms with Crippen LogP contribution in [0, 0.1) is 34.5 Å². The van der Waals surface area contributed by atoms with Crippen LogP contribution < -0.4 is 0 Å². The Kier molecular flexibility index (Phi) is 3.48. The molecule has 0 spiro atoms. The van der Waals surface area contributed by atoms with E-state index in [1.807, 2.05) is 0 Å². The SMILES string of the molecule is CC(=O)[C@H]1CC[C@H]2[C@@H]3C=CC4=CC(=O)C(O)C[C@@]4(C)[C@@H]3CC[C@]12C. The smallest absolute Gasteiger partial charge is 0.184 e. The lowest BCUT2D eigenvalue weighted by Crippen LogP contribution is -2.51. The molecule has 2 fully saturated rings. The normalized spacial score (nSPS) is 49.9. The average Bonchev–Trinajstić information content (AvgIpc) is 2.86. The van der Waals surface area contributed by atoms with Crippen LogP contribution in [0.15, 0.2) is 23.8 Å². The predicted molar refractivity (Wildman–Crippen MR) is 92.2 cm³/mol. The van der Waals surface area contributed by atoms with Gasteiger partial charge in [-0.2, -0.15) is 0 Å². The van der Waals surface area contributed by atoms with Crippen LogP contribution in [0.5, 0.6) is 0 Å². The molecule has 24 heavy (non-hydrogen) atoms. The first-order chi connectivity index (χ1) is 11.3. The van der Waals surface area contributed by atoms with Gasteiger partial charge in [0.15, 0.2) is 5.78 Å². The minimum absolute atomic E-state index is 0.109. The predicted octanol–water partition coefficient (Wildman–Crippen LogP) is 3.47. The third kappa shape index (κ3) is 2.00. The van der Waals surface area contributed by atoms with E-state index in [9.17, 15) is 14.7 Å². The number of aliphatic hydroxyl groups excluding tert-OH is 1. The van der Waals surface area contributed by atoms with E-state index in [0.29, 0.717) is 30.0 Å². The summed E-state index contributed by atoms with van der Waals surface area (Å²) in [5.41, 5.74) is 1.12. The molecule has 0 bridgehead atoms. The van der Waals surface area contributed by atoms with Crippen molar-refractivity contribution in [3.8, 4) is 0 Å². The standard InChI is InChI=1S/C21H28O3/c1-12(22)15-6-7-16-14-5-4-13-10-18(23)19(24)11-21(13,3)17(14)8-9-20(15,16)2/h4-5,10,14-17,19,24H,6-9,11H2,1-3H3/t14-,15+,16-,17+,19?,20+,21+/m0/s1. The Hall–Kier alpha value is -1.22. The van der Waals surface area contributed by atoms with E-state index < -0.39 is 6.10 Å². The molecule has 3 heteroatoms. The second-order valence-corrected chi connectivity index (χ2v) is 9.07. The number of allylic oxidation sites excluding steroid dienone is 3. The Bertz CT molecular complexity index is 660. The van der Waals surface area contributed by atoms with Crippen molar-refractivity contribution in [2.24, 2.45) is 34.5 Å². The zero-order valence-electron chi connectivity index (χ0n) is 14.9. The topological polar surface area (TPSA) is 54.4 Å². The number of rotatable bonds is 1. The Morgan fingerprint density at radius 2 is 1.96 bits per heavy atom. The van der Waals surface area contributed by atoms with Crippen molar-refractivity contribution in [2.75, 3.05) is 0 Å². The van der Waals surface area contributed by atoms with Gasteiger partial charge in [0.2, 0.25) is 0 Å². The Labute approximate surface area is 144 Å². The first kappa shape index (κ1) is 16.3. The molecule has 4 aliphatic carbocycles. The van der Waals surface area contributed by atoms with Crippen molar-refractivity contribution >= 4 is 11.6 Å².